The Morgan fingerprint density at radius 2 is 1.86 bits per heavy atom. The molecule has 0 amide bonds. The number of aromatic nitrogens is 3. The summed E-state index contributed by atoms with van der Waals surface area (Å²) in [6, 6.07) is 16.5. The van der Waals surface area contributed by atoms with E-state index in [1.165, 1.54) is 5.56 Å². The highest BCUT2D eigenvalue weighted by Gasteiger charge is 2.28. The van der Waals surface area contributed by atoms with E-state index in [4.69, 9.17) is 19.3 Å². The zero-order valence-corrected chi connectivity index (χ0v) is 21.4. The molecule has 186 valence electrons. The van der Waals surface area contributed by atoms with Gasteiger partial charge in [0.25, 0.3) is 0 Å². The van der Waals surface area contributed by atoms with Crippen LogP contribution in [0, 0.1) is 0 Å². The van der Waals surface area contributed by atoms with Gasteiger partial charge in [-0.2, -0.15) is 0 Å². The van der Waals surface area contributed by atoms with E-state index in [2.05, 4.69) is 38.8 Å². The Morgan fingerprint density at radius 1 is 1.00 bits per heavy atom. The van der Waals surface area contributed by atoms with Crippen molar-refractivity contribution in [2.24, 2.45) is 0 Å². The maximum absolute atomic E-state index is 5.84. The van der Waals surface area contributed by atoms with Gasteiger partial charge in [-0.1, -0.05) is 36.0 Å². The molecule has 3 aromatic rings. The van der Waals surface area contributed by atoms with Crippen LogP contribution in [0.5, 0.6) is 11.5 Å². The first kappa shape index (κ1) is 24.2. The minimum absolute atomic E-state index is 0.303. The molecule has 8 heteroatoms. The molecule has 0 unspecified atom stereocenters. The molecule has 0 N–H and O–H groups in total. The van der Waals surface area contributed by atoms with E-state index in [0.717, 1.165) is 85.8 Å². The first-order valence-electron chi connectivity index (χ1n) is 12.4. The molecule has 1 aromatic heterocycles. The minimum atomic E-state index is 0.303. The molecule has 0 radical (unpaired) electrons. The zero-order chi connectivity index (χ0) is 24.0. The second kappa shape index (κ2) is 11.5. The van der Waals surface area contributed by atoms with Crippen LogP contribution < -0.4 is 9.47 Å². The van der Waals surface area contributed by atoms with E-state index in [9.17, 15) is 0 Å². The highest BCUT2D eigenvalue weighted by Crippen LogP contribution is 2.34. The second-order valence-corrected chi connectivity index (χ2v) is 10.2. The van der Waals surface area contributed by atoms with Crippen molar-refractivity contribution in [1.82, 2.24) is 19.7 Å². The number of benzene rings is 2. The molecule has 5 rings (SSSR count). The Labute approximate surface area is 211 Å². The highest BCUT2D eigenvalue weighted by atomic mass is 32.2. The summed E-state index contributed by atoms with van der Waals surface area (Å²) in [6.07, 6.45) is 4.67. The Morgan fingerprint density at radius 3 is 2.63 bits per heavy atom. The maximum atomic E-state index is 5.84. The number of ether oxygens (including phenoxy) is 3. The second-order valence-electron chi connectivity index (χ2n) is 9.19. The highest BCUT2D eigenvalue weighted by molar-refractivity contribution is 7.99. The number of piperidine rings is 1. The maximum Gasteiger partial charge on any atom is 0.195 e. The van der Waals surface area contributed by atoms with Gasteiger partial charge < -0.3 is 14.2 Å². The van der Waals surface area contributed by atoms with Crippen LogP contribution in [0.2, 0.25) is 0 Å². The average molecular weight is 495 g/mol. The largest absolute Gasteiger partial charge is 0.497 e. The topological polar surface area (TPSA) is 61.6 Å². The number of para-hydroxylation sites is 1. The van der Waals surface area contributed by atoms with E-state index in [0.29, 0.717) is 12.0 Å². The van der Waals surface area contributed by atoms with Gasteiger partial charge in [-0.25, -0.2) is 0 Å². The van der Waals surface area contributed by atoms with Crippen molar-refractivity contribution in [1.29, 1.82) is 0 Å². The molecule has 7 nitrogen and oxygen atoms in total. The van der Waals surface area contributed by atoms with Crippen LogP contribution in [0.4, 0.5) is 0 Å². The van der Waals surface area contributed by atoms with Gasteiger partial charge in [0, 0.05) is 36.5 Å². The zero-order valence-electron chi connectivity index (χ0n) is 20.6. The fourth-order valence-electron chi connectivity index (χ4n) is 5.00. The van der Waals surface area contributed by atoms with E-state index in [1.807, 2.05) is 24.3 Å². The summed E-state index contributed by atoms with van der Waals surface area (Å²) < 4.78 is 19.1. The Balaban J connectivity index is 1.33. The average Bonchev–Trinajstić information content (AvgIpc) is 3.58. The Hall–Kier alpha value is -2.55. The van der Waals surface area contributed by atoms with Crippen molar-refractivity contribution in [3.63, 3.8) is 0 Å². The van der Waals surface area contributed by atoms with Crippen molar-refractivity contribution in [3.05, 3.63) is 59.9 Å². The molecular weight excluding hydrogens is 460 g/mol. The van der Waals surface area contributed by atoms with Crippen LogP contribution in [-0.2, 0) is 11.3 Å². The molecule has 0 spiro atoms. The molecule has 3 heterocycles. The lowest BCUT2D eigenvalue weighted by molar-refractivity contribution is 0.129. The first-order chi connectivity index (χ1) is 17.2. The lowest BCUT2D eigenvalue weighted by Gasteiger charge is -2.32. The minimum Gasteiger partial charge on any atom is -0.497 e. The molecule has 1 atom stereocenters. The van der Waals surface area contributed by atoms with Crippen molar-refractivity contribution >= 4 is 11.8 Å². The summed E-state index contributed by atoms with van der Waals surface area (Å²) in [6.45, 7) is 3.81. The molecule has 0 aliphatic carbocycles. The summed E-state index contributed by atoms with van der Waals surface area (Å²) in [4.78, 5) is 2.51. The number of hydrogen-bond acceptors (Lipinski definition) is 7. The van der Waals surface area contributed by atoms with Crippen molar-refractivity contribution in [3.8, 4) is 17.2 Å². The summed E-state index contributed by atoms with van der Waals surface area (Å²) in [5, 5.41) is 10.3. The third-order valence-electron chi connectivity index (χ3n) is 6.93. The number of methoxy groups -OCH3 is 2. The van der Waals surface area contributed by atoms with Gasteiger partial charge in [-0.3, -0.25) is 9.47 Å². The van der Waals surface area contributed by atoms with E-state index < -0.39 is 0 Å². The molecule has 2 saturated heterocycles. The van der Waals surface area contributed by atoms with Gasteiger partial charge in [0.05, 0.1) is 26.0 Å². The smallest absolute Gasteiger partial charge is 0.195 e. The van der Waals surface area contributed by atoms with Crippen molar-refractivity contribution < 1.29 is 14.2 Å². The normalized spacial score (nSPS) is 19.2. The van der Waals surface area contributed by atoms with Crippen molar-refractivity contribution in [2.75, 3.05) is 39.7 Å². The SMILES string of the molecule is COc1cccc(-n2c(SC[C@@H]3CCCO3)nnc2C2CCN(Cc3ccccc3OC)CC2)c1. The van der Waals surface area contributed by atoms with Crippen molar-refractivity contribution in [2.45, 2.75) is 49.4 Å². The lowest BCUT2D eigenvalue weighted by atomic mass is 9.95. The molecule has 0 bridgehead atoms. The predicted molar refractivity (Wildman–Crippen MR) is 138 cm³/mol. The molecule has 2 aliphatic heterocycles. The van der Waals surface area contributed by atoms with Crippen LogP contribution in [0.15, 0.2) is 53.7 Å². The summed E-state index contributed by atoms with van der Waals surface area (Å²) in [7, 11) is 3.45. The van der Waals surface area contributed by atoms with Crippen LogP contribution in [-0.4, -0.2) is 65.4 Å². The number of likely N-dealkylation sites (tertiary alicyclic amines) is 1. The van der Waals surface area contributed by atoms with Crippen LogP contribution in [0.3, 0.4) is 0 Å². The molecule has 2 aliphatic rings. The third kappa shape index (κ3) is 5.66. The Kier molecular flexibility index (Phi) is 7.91. The molecule has 2 fully saturated rings. The molecule has 0 saturated carbocycles. The Bertz CT molecular complexity index is 1110. The van der Waals surface area contributed by atoms with Crippen LogP contribution >= 0.6 is 11.8 Å². The molecular formula is C27H34N4O3S. The summed E-state index contributed by atoms with van der Waals surface area (Å²) in [5.41, 5.74) is 2.29. The monoisotopic (exact) mass is 494 g/mol. The summed E-state index contributed by atoms with van der Waals surface area (Å²) >= 11 is 1.74. The fraction of sp³-hybridized carbons (Fsp3) is 0.481. The van der Waals surface area contributed by atoms with E-state index >= 15 is 0 Å². The van der Waals surface area contributed by atoms with Crippen LogP contribution in [0.1, 0.15) is 43.0 Å². The van der Waals surface area contributed by atoms with Crippen LogP contribution in [0.25, 0.3) is 5.69 Å². The van der Waals surface area contributed by atoms with Gasteiger partial charge >= 0.3 is 0 Å². The summed E-state index contributed by atoms with van der Waals surface area (Å²) in [5.74, 6) is 4.10. The lowest BCUT2D eigenvalue weighted by Crippen LogP contribution is -2.33. The quantitative estimate of drug-likeness (QED) is 0.391. The first-order valence-corrected chi connectivity index (χ1v) is 13.4. The van der Waals surface area contributed by atoms with E-state index in [1.54, 1.807) is 26.0 Å². The fourth-order valence-corrected chi connectivity index (χ4v) is 6.02. The number of rotatable bonds is 9. The third-order valence-corrected chi connectivity index (χ3v) is 7.99. The molecule has 2 aromatic carbocycles. The van der Waals surface area contributed by atoms with Gasteiger partial charge in [0.1, 0.15) is 17.3 Å². The number of hydrogen-bond donors (Lipinski definition) is 0. The number of thioether (sulfide) groups is 1. The van der Waals surface area contributed by atoms with Gasteiger partial charge in [-0.15, -0.1) is 10.2 Å². The number of nitrogens with zero attached hydrogens (tertiary/aromatic N) is 4. The van der Waals surface area contributed by atoms with Gasteiger partial charge in [0.2, 0.25) is 0 Å². The standard InChI is InChI=1S/C27H34N4O3S/c1-32-23-9-5-8-22(17-23)31-26(28-29-27(31)35-19-24-10-6-16-34-24)20-12-14-30(15-13-20)18-21-7-3-4-11-25(21)33-2/h3-5,7-9,11,17,20,24H,6,10,12-16,18-19H2,1-2H3/t24-/m0/s1. The van der Waals surface area contributed by atoms with Gasteiger partial charge in [0.15, 0.2) is 5.16 Å². The van der Waals surface area contributed by atoms with Gasteiger partial charge in [-0.05, 0) is 57.0 Å². The van der Waals surface area contributed by atoms with E-state index in [-0.39, 0.29) is 0 Å². The predicted octanol–water partition coefficient (Wildman–Crippen LogP) is 4.94. The molecule has 35 heavy (non-hydrogen) atoms.